The topological polar surface area (TPSA) is 18.5 Å². The van der Waals surface area contributed by atoms with Crippen molar-refractivity contribution < 1.29 is 0 Å². The van der Waals surface area contributed by atoms with Gasteiger partial charge in [0.25, 0.3) is 0 Å². The van der Waals surface area contributed by atoms with Gasteiger partial charge in [0.05, 0.1) is 0 Å². The fourth-order valence-electron chi connectivity index (χ4n) is 3.69. The maximum Gasteiger partial charge on any atom is 0.169 e. The highest BCUT2D eigenvalue weighted by molar-refractivity contribution is 7.80. The maximum atomic E-state index is 5.94. The minimum absolute atomic E-state index is 0.495. The zero-order valence-electron chi connectivity index (χ0n) is 15.9. The molecule has 1 saturated heterocycles. The number of thiocarbonyl (C=S) groups is 1. The van der Waals surface area contributed by atoms with Gasteiger partial charge >= 0.3 is 0 Å². The first-order valence-electron chi connectivity index (χ1n) is 9.71. The summed E-state index contributed by atoms with van der Waals surface area (Å²) in [5, 5.41) is 5.10. The number of nitrogens with zero attached hydrogens (tertiary/aromatic N) is 2. The number of likely N-dealkylation sites (tertiary alicyclic amines) is 1. The van der Waals surface area contributed by atoms with E-state index in [-0.39, 0.29) is 0 Å². The van der Waals surface area contributed by atoms with Gasteiger partial charge in [0.1, 0.15) is 0 Å². The van der Waals surface area contributed by atoms with Gasteiger partial charge in [-0.15, -0.1) is 0 Å². The molecule has 2 aromatic rings. The molecule has 144 valence electrons. The highest BCUT2D eigenvalue weighted by Crippen LogP contribution is 2.18. The lowest BCUT2D eigenvalue weighted by atomic mass is 10.1. The Labute approximate surface area is 173 Å². The van der Waals surface area contributed by atoms with Crippen LogP contribution >= 0.6 is 23.8 Å². The molecule has 0 aliphatic carbocycles. The zero-order valence-corrected chi connectivity index (χ0v) is 17.5. The van der Waals surface area contributed by atoms with Gasteiger partial charge in [0.2, 0.25) is 0 Å². The molecule has 3 rings (SSSR count). The van der Waals surface area contributed by atoms with Crippen molar-refractivity contribution in [2.75, 3.05) is 26.2 Å². The van der Waals surface area contributed by atoms with Crippen LogP contribution in [0.25, 0.3) is 0 Å². The number of nitrogens with one attached hydrogen (secondary N) is 1. The van der Waals surface area contributed by atoms with Crippen LogP contribution in [0.4, 0.5) is 0 Å². The standard InChI is InChI=1S/C22H28ClN3S/c1-2-26(22(27)24-14-12-18-8-10-20(23)11-9-18)21-13-15-25(17-21)16-19-6-4-3-5-7-19/h3-11,21H,2,12-17H2,1H3,(H,24,27). The molecule has 3 nitrogen and oxygen atoms in total. The van der Waals surface area contributed by atoms with Gasteiger partial charge in [0.15, 0.2) is 5.11 Å². The summed E-state index contributed by atoms with van der Waals surface area (Å²) in [7, 11) is 0. The van der Waals surface area contributed by atoms with Gasteiger partial charge in [0, 0.05) is 43.8 Å². The Bertz CT molecular complexity index is 720. The molecule has 1 heterocycles. The highest BCUT2D eigenvalue weighted by Gasteiger charge is 2.28. The second-order valence-electron chi connectivity index (χ2n) is 7.06. The molecule has 0 aromatic heterocycles. The second-order valence-corrected chi connectivity index (χ2v) is 7.88. The van der Waals surface area contributed by atoms with Crippen molar-refractivity contribution in [2.24, 2.45) is 0 Å². The quantitative estimate of drug-likeness (QED) is 0.694. The molecule has 1 fully saturated rings. The molecule has 0 radical (unpaired) electrons. The van der Waals surface area contributed by atoms with Crippen LogP contribution in [0.15, 0.2) is 54.6 Å². The highest BCUT2D eigenvalue weighted by atomic mass is 35.5. The summed E-state index contributed by atoms with van der Waals surface area (Å²) >= 11 is 11.6. The van der Waals surface area contributed by atoms with E-state index in [0.29, 0.717) is 6.04 Å². The van der Waals surface area contributed by atoms with E-state index in [1.54, 1.807) is 0 Å². The normalized spacial score (nSPS) is 17.0. The Morgan fingerprint density at radius 2 is 1.89 bits per heavy atom. The summed E-state index contributed by atoms with van der Waals surface area (Å²) in [6.45, 7) is 7.19. The van der Waals surface area contributed by atoms with Crippen LogP contribution < -0.4 is 5.32 Å². The Morgan fingerprint density at radius 1 is 1.15 bits per heavy atom. The van der Waals surface area contributed by atoms with Crippen molar-refractivity contribution in [1.82, 2.24) is 15.1 Å². The van der Waals surface area contributed by atoms with Crippen molar-refractivity contribution in [3.8, 4) is 0 Å². The Morgan fingerprint density at radius 3 is 2.59 bits per heavy atom. The molecule has 5 heteroatoms. The van der Waals surface area contributed by atoms with E-state index < -0.39 is 0 Å². The third-order valence-corrected chi connectivity index (χ3v) is 5.77. The van der Waals surface area contributed by atoms with E-state index in [1.807, 2.05) is 12.1 Å². The first-order chi connectivity index (χ1) is 13.2. The molecule has 0 bridgehead atoms. The molecule has 0 spiro atoms. The van der Waals surface area contributed by atoms with Crippen LogP contribution in [0.3, 0.4) is 0 Å². The van der Waals surface area contributed by atoms with Crippen molar-refractivity contribution >= 4 is 28.9 Å². The van der Waals surface area contributed by atoms with E-state index in [2.05, 4.69) is 64.5 Å². The molecule has 1 aliphatic rings. The Balaban J connectivity index is 1.46. The first-order valence-corrected chi connectivity index (χ1v) is 10.5. The molecule has 1 aliphatic heterocycles. The van der Waals surface area contributed by atoms with Crippen LogP contribution in [-0.2, 0) is 13.0 Å². The third kappa shape index (κ3) is 5.93. The number of likely N-dealkylation sites (N-methyl/N-ethyl adjacent to an activating group) is 1. The summed E-state index contributed by atoms with van der Waals surface area (Å²) in [6, 6.07) is 19.2. The van der Waals surface area contributed by atoms with Gasteiger partial charge in [-0.3, -0.25) is 4.90 Å². The summed E-state index contributed by atoms with van der Waals surface area (Å²) in [5.41, 5.74) is 2.65. The molecule has 0 saturated carbocycles. The zero-order chi connectivity index (χ0) is 19.1. The van der Waals surface area contributed by atoms with E-state index in [9.17, 15) is 0 Å². The summed E-state index contributed by atoms with van der Waals surface area (Å²) < 4.78 is 0. The minimum atomic E-state index is 0.495. The largest absolute Gasteiger partial charge is 0.362 e. The lowest BCUT2D eigenvalue weighted by Crippen LogP contribution is -2.47. The van der Waals surface area contributed by atoms with Gasteiger partial charge in [-0.2, -0.15) is 0 Å². The second kappa shape index (κ2) is 10.1. The average molecular weight is 402 g/mol. The van der Waals surface area contributed by atoms with Crippen molar-refractivity contribution in [3.63, 3.8) is 0 Å². The molecule has 0 amide bonds. The minimum Gasteiger partial charge on any atom is -0.362 e. The molecular formula is C22H28ClN3S. The summed E-state index contributed by atoms with van der Waals surface area (Å²) in [4.78, 5) is 4.88. The summed E-state index contributed by atoms with van der Waals surface area (Å²) in [6.07, 6.45) is 2.11. The van der Waals surface area contributed by atoms with Gasteiger partial charge in [-0.05, 0) is 55.2 Å². The van der Waals surface area contributed by atoms with Crippen LogP contribution in [-0.4, -0.2) is 47.1 Å². The lowest BCUT2D eigenvalue weighted by Gasteiger charge is -2.30. The van der Waals surface area contributed by atoms with E-state index in [1.165, 1.54) is 17.5 Å². The van der Waals surface area contributed by atoms with Crippen molar-refractivity contribution in [1.29, 1.82) is 0 Å². The predicted octanol–water partition coefficient (Wildman–Crippen LogP) is 4.35. The number of rotatable bonds is 7. The number of hydrogen-bond donors (Lipinski definition) is 1. The molecular weight excluding hydrogens is 374 g/mol. The SMILES string of the molecule is CCN(C(=S)NCCc1ccc(Cl)cc1)C1CCN(Cc2ccccc2)C1. The maximum absolute atomic E-state index is 5.94. The first kappa shape index (κ1) is 20.1. The molecule has 2 aromatic carbocycles. The van der Waals surface area contributed by atoms with E-state index in [4.69, 9.17) is 23.8 Å². The molecule has 1 unspecified atom stereocenters. The smallest absolute Gasteiger partial charge is 0.169 e. The third-order valence-electron chi connectivity index (χ3n) is 5.14. The van der Waals surface area contributed by atoms with Crippen LogP contribution in [0, 0.1) is 0 Å². The molecule has 27 heavy (non-hydrogen) atoms. The average Bonchev–Trinajstić information content (AvgIpc) is 3.13. The number of benzene rings is 2. The Kier molecular flexibility index (Phi) is 7.50. The molecule has 1 atom stereocenters. The van der Waals surface area contributed by atoms with E-state index >= 15 is 0 Å². The van der Waals surface area contributed by atoms with E-state index in [0.717, 1.165) is 49.3 Å². The van der Waals surface area contributed by atoms with Gasteiger partial charge in [-0.25, -0.2) is 0 Å². The number of hydrogen-bond acceptors (Lipinski definition) is 2. The van der Waals surface area contributed by atoms with Gasteiger partial charge < -0.3 is 10.2 Å². The Hall–Kier alpha value is -1.62. The monoisotopic (exact) mass is 401 g/mol. The van der Waals surface area contributed by atoms with Gasteiger partial charge in [-0.1, -0.05) is 54.1 Å². The van der Waals surface area contributed by atoms with Crippen molar-refractivity contribution in [2.45, 2.75) is 32.4 Å². The summed E-state index contributed by atoms with van der Waals surface area (Å²) in [5.74, 6) is 0. The van der Waals surface area contributed by atoms with Crippen LogP contribution in [0.2, 0.25) is 5.02 Å². The fraction of sp³-hybridized carbons (Fsp3) is 0.409. The van der Waals surface area contributed by atoms with Crippen LogP contribution in [0.5, 0.6) is 0 Å². The number of halogens is 1. The molecule has 1 N–H and O–H groups in total. The fourth-order valence-corrected chi connectivity index (χ4v) is 4.19. The van der Waals surface area contributed by atoms with Crippen LogP contribution in [0.1, 0.15) is 24.5 Å². The predicted molar refractivity (Wildman–Crippen MR) is 118 cm³/mol. The van der Waals surface area contributed by atoms with Crippen molar-refractivity contribution in [3.05, 3.63) is 70.7 Å². The lowest BCUT2D eigenvalue weighted by molar-refractivity contribution is 0.279.